The summed E-state index contributed by atoms with van der Waals surface area (Å²) in [5.41, 5.74) is 2.17. The van der Waals surface area contributed by atoms with Gasteiger partial charge in [0, 0.05) is 0 Å². The molecule has 1 aromatic carbocycles. The van der Waals surface area contributed by atoms with Crippen LogP contribution in [0, 0.1) is 0 Å². The van der Waals surface area contributed by atoms with E-state index in [1.165, 1.54) is 77.0 Å². The second-order valence-electron chi connectivity index (χ2n) is 7.62. The molecule has 3 nitrogen and oxygen atoms in total. The number of carbonyl (C=O) groups is 2. The number of nitrogens with one attached hydrogen (secondary N) is 1. The van der Waals surface area contributed by atoms with Crippen LogP contribution in [0.15, 0.2) is 18.2 Å². The quantitative estimate of drug-likeness (QED) is 0.318. The van der Waals surface area contributed by atoms with Gasteiger partial charge in [0.25, 0.3) is 11.8 Å². The van der Waals surface area contributed by atoms with Gasteiger partial charge in [0.2, 0.25) is 0 Å². The van der Waals surface area contributed by atoms with Crippen LogP contribution < -0.4 is 5.32 Å². The van der Waals surface area contributed by atoms with Crippen LogP contribution in [0.5, 0.6) is 0 Å². The number of fused-ring (bicyclic) bond motifs is 1. The zero-order valence-electron chi connectivity index (χ0n) is 16.4. The largest absolute Gasteiger partial charge is 0.288 e. The lowest BCUT2D eigenvalue weighted by Crippen LogP contribution is -2.20. The van der Waals surface area contributed by atoms with E-state index in [9.17, 15) is 9.59 Å². The van der Waals surface area contributed by atoms with Crippen molar-refractivity contribution in [1.82, 2.24) is 5.32 Å². The highest BCUT2D eigenvalue weighted by molar-refractivity contribution is 6.22. The van der Waals surface area contributed by atoms with Gasteiger partial charge in [-0.2, -0.15) is 0 Å². The molecule has 0 aromatic heterocycles. The van der Waals surface area contributed by atoms with E-state index in [0.717, 1.165) is 18.4 Å². The predicted molar refractivity (Wildman–Crippen MR) is 108 cm³/mol. The number of unbranched alkanes of at least 4 members (excludes halogenated alkanes) is 12. The Morgan fingerprint density at radius 1 is 0.692 bits per heavy atom. The van der Waals surface area contributed by atoms with Crippen molar-refractivity contribution in [3.05, 3.63) is 34.9 Å². The maximum atomic E-state index is 11.9. The lowest BCUT2D eigenvalue weighted by Gasteiger charge is -2.06. The molecule has 1 N–H and O–H groups in total. The second-order valence-corrected chi connectivity index (χ2v) is 7.62. The van der Waals surface area contributed by atoms with Crippen LogP contribution >= 0.6 is 0 Å². The third kappa shape index (κ3) is 6.59. The van der Waals surface area contributed by atoms with Gasteiger partial charge in [0.15, 0.2) is 0 Å². The van der Waals surface area contributed by atoms with E-state index < -0.39 is 0 Å². The molecule has 0 saturated heterocycles. The summed E-state index contributed by atoms with van der Waals surface area (Å²) in [6.07, 6.45) is 18.3. The fraction of sp³-hybridized carbons (Fsp3) is 0.652. The number of carbonyl (C=O) groups excluding carboxylic acids is 2. The number of aryl methyl sites for hydroxylation is 1. The molecule has 144 valence electrons. The van der Waals surface area contributed by atoms with Gasteiger partial charge in [0.1, 0.15) is 0 Å². The number of benzene rings is 1. The standard InChI is InChI=1S/C23H35NO2/c1-2-3-4-5-6-7-8-9-10-11-12-13-14-16-19-17-15-18-20-21(19)23(26)24-22(20)25/h15,17-18H,2-14,16H2,1H3,(H,24,25,26). The first-order valence-corrected chi connectivity index (χ1v) is 10.7. The maximum absolute atomic E-state index is 11.9. The molecule has 2 amide bonds. The zero-order chi connectivity index (χ0) is 18.6. The SMILES string of the molecule is CCCCCCCCCCCCCCCc1cccc2c1C(=O)NC2=O. The number of hydrogen-bond donors (Lipinski definition) is 1. The predicted octanol–water partition coefficient (Wildman–Crippen LogP) is 6.20. The maximum Gasteiger partial charge on any atom is 0.259 e. The van der Waals surface area contributed by atoms with Crippen LogP contribution in [0.1, 0.15) is 117 Å². The van der Waals surface area contributed by atoms with Gasteiger partial charge in [-0.1, -0.05) is 96.1 Å². The van der Waals surface area contributed by atoms with Gasteiger partial charge >= 0.3 is 0 Å². The van der Waals surface area contributed by atoms with Gasteiger partial charge in [-0.15, -0.1) is 0 Å². The Morgan fingerprint density at radius 2 is 1.23 bits per heavy atom. The van der Waals surface area contributed by atoms with E-state index >= 15 is 0 Å². The van der Waals surface area contributed by atoms with Crippen LogP contribution in [0.25, 0.3) is 0 Å². The molecule has 0 spiro atoms. The summed E-state index contributed by atoms with van der Waals surface area (Å²) in [5.74, 6) is -0.479. The summed E-state index contributed by atoms with van der Waals surface area (Å²) in [7, 11) is 0. The van der Waals surface area contributed by atoms with E-state index in [1.54, 1.807) is 6.07 Å². The summed E-state index contributed by atoms with van der Waals surface area (Å²) in [6, 6.07) is 5.61. The van der Waals surface area contributed by atoms with E-state index in [2.05, 4.69) is 12.2 Å². The minimum Gasteiger partial charge on any atom is -0.288 e. The number of hydrogen-bond acceptors (Lipinski definition) is 2. The van der Waals surface area contributed by atoms with Crippen LogP contribution in [0.4, 0.5) is 0 Å². The summed E-state index contributed by atoms with van der Waals surface area (Å²) in [4.78, 5) is 23.6. The van der Waals surface area contributed by atoms with Crippen LogP contribution in [-0.2, 0) is 6.42 Å². The van der Waals surface area contributed by atoms with E-state index in [0.29, 0.717) is 11.1 Å². The molecule has 1 aliphatic rings. The molecule has 0 unspecified atom stereocenters. The fourth-order valence-corrected chi connectivity index (χ4v) is 3.83. The van der Waals surface area contributed by atoms with Crippen molar-refractivity contribution in [2.45, 2.75) is 96.8 Å². The topological polar surface area (TPSA) is 46.2 Å². The summed E-state index contributed by atoms with van der Waals surface area (Å²) in [6.45, 7) is 2.27. The normalized spacial score (nSPS) is 13.1. The van der Waals surface area contributed by atoms with Crippen LogP contribution in [-0.4, -0.2) is 11.8 Å². The van der Waals surface area contributed by atoms with Gasteiger partial charge in [-0.25, -0.2) is 0 Å². The Morgan fingerprint density at radius 3 is 1.81 bits per heavy atom. The first-order chi connectivity index (χ1) is 12.7. The molecule has 0 bridgehead atoms. The molecule has 0 fully saturated rings. The zero-order valence-corrected chi connectivity index (χ0v) is 16.4. The smallest absolute Gasteiger partial charge is 0.259 e. The molecule has 3 heteroatoms. The van der Waals surface area contributed by atoms with Crippen molar-refractivity contribution in [2.24, 2.45) is 0 Å². The molecular formula is C23H35NO2. The van der Waals surface area contributed by atoms with Crippen molar-refractivity contribution < 1.29 is 9.59 Å². The van der Waals surface area contributed by atoms with Crippen LogP contribution in [0.2, 0.25) is 0 Å². The Kier molecular flexibility index (Phi) is 9.44. The Labute approximate surface area is 159 Å². The fourth-order valence-electron chi connectivity index (χ4n) is 3.83. The van der Waals surface area contributed by atoms with Gasteiger partial charge in [0.05, 0.1) is 11.1 Å². The highest BCUT2D eigenvalue weighted by Crippen LogP contribution is 2.22. The van der Waals surface area contributed by atoms with E-state index in [1.807, 2.05) is 12.1 Å². The molecule has 1 heterocycles. The second kappa shape index (κ2) is 11.9. The van der Waals surface area contributed by atoms with Gasteiger partial charge in [-0.05, 0) is 24.5 Å². The van der Waals surface area contributed by atoms with Crippen molar-refractivity contribution >= 4 is 11.8 Å². The first-order valence-electron chi connectivity index (χ1n) is 10.7. The lowest BCUT2D eigenvalue weighted by atomic mass is 9.97. The van der Waals surface area contributed by atoms with Crippen molar-refractivity contribution in [1.29, 1.82) is 0 Å². The summed E-state index contributed by atoms with van der Waals surface area (Å²) < 4.78 is 0. The van der Waals surface area contributed by atoms with Crippen molar-refractivity contribution in [2.75, 3.05) is 0 Å². The molecule has 0 aliphatic carbocycles. The first kappa shape index (κ1) is 20.7. The number of imide groups is 1. The third-order valence-electron chi connectivity index (χ3n) is 5.40. The average molecular weight is 358 g/mol. The van der Waals surface area contributed by atoms with Crippen molar-refractivity contribution in [3.63, 3.8) is 0 Å². The Bertz CT molecular complexity index is 580. The van der Waals surface area contributed by atoms with Crippen LogP contribution in [0.3, 0.4) is 0 Å². The van der Waals surface area contributed by atoms with E-state index in [-0.39, 0.29) is 11.8 Å². The highest BCUT2D eigenvalue weighted by Gasteiger charge is 2.28. The van der Waals surface area contributed by atoms with Gasteiger partial charge < -0.3 is 0 Å². The Hall–Kier alpha value is -1.64. The Balaban J connectivity index is 1.49. The average Bonchev–Trinajstić information content (AvgIpc) is 2.94. The van der Waals surface area contributed by atoms with Gasteiger partial charge in [-0.3, -0.25) is 14.9 Å². The van der Waals surface area contributed by atoms with Crippen molar-refractivity contribution in [3.8, 4) is 0 Å². The molecule has 0 atom stereocenters. The molecular weight excluding hydrogens is 322 g/mol. The lowest BCUT2D eigenvalue weighted by molar-refractivity contribution is 0.0879. The summed E-state index contributed by atoms with van der Waals surface area (Å²) >= 11 is 0. The third-order valence-corrected chi connectivity index (χ3v) is 5.40. The molecule has 2 rings (SSSR count). The minimum absolute atomic E-state index is 0.227. The van der Waals surface area contributed by atoms with E-state index in [4.69, 9.17) is 0 Å². The molecule has 1 aliphatic heterocycles. The molecule has 26 heavy (non-hydrogen) atoms. The minimum atomic E-state index is -0.253. The molecule has 0 saturated carbocycles. The summed E-state index contributed by atoms with van der Waals surface area (Å²) in [5, 5.41) is 2.39. The number of rotatable bonds is 14. The highest BCUT2D eigenvalue weighted by atomic mass is 16.2. The monoisotopic (exact) mass is 357 g/mol. The molecule has 0 radical (unpaired) electrons. The molecule has 1 aromatic rings. The number of amides is 2.